The maximum Gasteiger partial charge on any atom is 0.124 e. The summed E-state index contributed by atoms with van der Waals surface area (Å²) in [5, 5.41) is 3.91. The molecule has 2 nitrogen and oxygen atoms in total. The van der Waals surface area contributed by atoms with Crippen molar-refractivity contribution in [3.8, 4) is 5.75 Å². The summed E-state index contributed by atoms with van der Waals surface area (Å²) in [5.74, 6) is 1.05. The minimum Gasteiger partial charge on any atom is -0.493 e. The first-order chi connectivity index (χ1) is 10.3. The standard InChI is InChI=1S/C17H18INOS/c18-17-10-12-13(5-3-7-16(12)21-17)19-14-8-9-20-15-6-2-1-4-11(14)15/h1-2,4,6,10,13-14,19H,3,5,7-9H2. The van der Waals surface area contributed by atoms with Gasteiger partial charge in [0.2, 0.25) is 0 Å². The third-order valence-electron chi connectivity index (χ3n) is 4.44. The van der Waals surface area contributed by atoms with Gasteiger partial charge in [-0.2, -0.15) is 0 Å². The fraction of sp³-hybridized carbons (Fsp3) is 0.412. The van der Waals surface area contributed by atoms with E-state index in [1.54, 1.807) is 10.4 Å². The van der Waals surface area contributed by atoms with Gasteiger partial charge in [-0.15, -0.1) is 11.3 Å². The molecule has 0 radical (unpaired) electrons. The minimum absolute atomic E-state index is 0.420. The first kappa shape index (κ1) is 14.0. The Morgan fingerprint density at radius 3 is 2.95 bits per heavy atom. The zero-order valence-corrected chi connectivity index (χ0v) is 14.7. The molecule has 0 spiro atoms. The summed E-state index contributed by atoms with van der Waals surface area (Å²) in [6, 6.07) is 11.8. The second-order valence-electron chi connectivity index (χ2n) is 5.77. The summed E-state index contributed by atoms with van der Waals surface area (Å²) in [5.41, 5.74) is 2.86. The Bertz CT molecular complexity index is 654. The molecule has 110 valence electrons. The van der Waals surface area contributed by atoms with Crippen LogP contribution >= 0.6 is 33.9 Å². The van der Waals surface area contributed by atoms with Crippen LogP contribution in [-0.2, 0) is 6.42 Å². The lowest BCUT2D eigenvalue weighted by atomic mass is 9.91. The lowest BCUT2D eigenvalue weighted by molar-refractivity contribution is 0.240. The predicted octanol–water partition coefficient (Wildman–Crippen LogP) is 4.84. The lowest BCUT2D eigenvalue weighted by Crippen LogP contribution is -2.31. The van der Waals surface area contributed by atoms with Crippen LogP contribution in [0.15, 0.2) is 30.3 Å². The molecule has 2 heterocycles. The second kappa shape index (κ2) is 5.89. The molecule has 1 aromatic heterocycles. The third kappa shape index (κ3) is 2.73. The van der Waals surface area contributed by atoms with Gasteiger partial charge < -0.3 is 10.1 Å². The van der Waals surface area contributed by atoms with Crippen molar-refractivity contribution in [3.05, 3.63) is 49.2 Å². The number of ether oxygens (including phenoxy) is 1. The first-order valence-electron chi connectivity index (χ1n) is 7.57. The molecule has 2 aromatic rings. The van der Waals surface area contributed by atoms with Crippen molar-refractivity contribution in [1.82, 2.24) is 5.32 Å². The fourth-order valence-electron chi connectivity index (χ4n) is 3.45. The Morgan fingerprint density at radius 1 is 1.14 bits per heavy atom. The third-order valence-corrected chi connectivity index (χ3v) is 6.42. The first-order valence-corrected chi connectivity index (χ1v) is 9.46. The van der Waals surface area contributed by atoms with Crippen LogP contribution in [0.2, 0.25) is 0 Å². The number of hydrogen-bond donors (Lipinski definition) is 1. The molecule has 2 atom stereocenters. The molecule has 4 heteroatoms. The van der Waals surface area contributed by atoms with Crippen LogP contribution in [0.5, 0.6) is 5.75 Å². The van der Waals surface area contributed by atoms with Crippen molar-refractivity contribution in [3.63, 3.8) is 0 Å². The SMILES string of the molecule is Ic1cc2c(s1)CCCC2NC1CCOc2ccccc21. The van der Waals surface area contributed by atoms with E-state index in [0.29, 0.717) is 12.1 Å². The van der Waals surface area contributed by atoms with Crippen molar-refractivity contribution < 1.29 is 4.74 Å². The summed E-state index contributed by atoms with van der Waals surface area (Å²) in [7, 11) is 0. The van der Waals surface area contributed by atoms with Gasteiger partial charge in [0.1, 0.15) is 5.75 Å². The highest BCUT2D eigenvalue weighted by Crippen LogP contribution is 2.39. The van der Waals surface area contributed by atoms with Crippen LogP contribution in [0, 0.1) is 2.88 Å². The van der Waals surface area contributed by atoms with E-state index < -0.39 is 0 Å². The molecule has 4 rings (SSSR count). The van der Waals surface area contributed by atoms with E-state index in [1.807, 2.05) is 11.3 Å². The van der Waals surface area contributed by atoms with Crippen molar-refractivity contribution >= 4 is 33.9 Å². The molecule has 0 bridgehead atoms. The van der Waals surface area contributed by atoms with Crippen LogP contribution in [0.3, 0.4) is 0 Å². The molecule has 2 unspecified atom stereocenters. The summed E-state index contributed by atoms with van der Waals surface area (Å²) in [6.07, 6.45) is 4.86. The highest BCUT2D eigenvalue weighted by atomic mass is 127. The van der Waals surface area contributed by atoms with E-state index in [-0.39, 0.29) is 0 Å². The fourth-order valence-corrected chi connectivity index (χ4v) is 5.57. The number of hydrogen-bond acceptors (Lipinski definition) is 3. The minimum atomic E-state index is 0.420. The number of thiophene rings is 1. The van der Waals surface area contributed by atoms with Gasteiger partial charge >= 0.3 is 0 Å². The molecule has 21 heavy (non-hydrogen) atoms. The second-order valence-corrected chi connectivity index (χ2v) is 8.80. The van der Waals surface area contributed by atoms with Crippen molar-refractivity contribution in [2.75, 3.05) is 6.61 Å². The largest absolute Gasteiger partial charge is 0.493 e. The Kier molecular flexibility index (Phi) is 3.94. The summed E-state index contributed by atoms with van der Waals surface area (Å²) in [4.78, 5) is 1.59. The average molecular weight is 411 g/mol. The van der Waals surface area contributed by atoms with Gasteiger partial charge in [-0.25, -0.2) is 0 Å². The van der Waals surface area contributed by atoms with E-state index in [0.717, 1.165) is 18.8 Å². The zero-order valence-electron chi connectivity index (χ0n) is 11.8. The van der Waals surface area contributed by atoms with Gasteiger partial charge in [-0.1, -0.05) is 18.2 Å². The molecule has 1 aliphatic carbocycles. The van der Waals surface area contributed by atoms with Gasteiger partial charge in [0.25, 0.3) is 0 Å². The molecular weight excluding hydrogens is 393 g/mol. The molecule has 2 aliphatic rings. The van der Waals surface area contributed by atoms with Crippen LogP contribution < -0.4 is 10.1 Å². The Labute approximate surface area is 143 Å². The normalized spacial score (nSPS) is 24.0. The monoisotopic (exact) mass is 411 g/mol. The highest BCUT2D eigenvalue weighted by Gasteiger charge is 2.28. The Hall–Kier alpha value is -0.590. The number of benzene rings is 1. The topological polar surface area (TPSA) is 21.3 Å². The van der Waals surface area contributed by atoms with E-state index >= 15 is 0 Å². The smallest absolute Gasteiger partial charge is 0.124 e. The van der Waals surface area contributed by atoms with E-state index in [2.05, 4.69) is 58.2 Å². The van der Waals surface area contributed by atoms with Crippen molar-refractivity contribution in [2.24, 2.45) is 0 Å². The number of nitrogens with one attached hydrogen (secondary N) is 1. The number of halogens is 1. The zero-order chi connectivity index (χ0) is 14.2. The van der Waals surface area contributed by atoms with Crippen molar-refractivity contribution in [1.29, 1.82) is 0 Å². The van der Waals surface area contributed by atoms with E-state index in [4.69, 9.17) is 4.74 Å². The lowest BCUT2D eigenvalue weighted by Gasteiger charge is -2.32. The van der Waals surface area contributed by atoms with Crippen LogP contribution in [0.1, 0.15) is 47.4 Å². The van der Waals surface area contributed by atoms with Gasteiger partial charge in [0, 0.05) is 28.9 Å². The molecule has 0 saturated carbocycles. The molecule has 1 aromatic carbocycles. The molecule has 0 amide bonds. The quantitative estimate of drug-likeness (QED) is 0.714. The van der Waals surface area contributed by atoms with Crippen LogP contribution in [-0.4, -0.2) is 6.61 Å². The van der Waals surface area contributed by atoms with Gasteiger partial charge in [0.05, 0.1) is 9.49 Å². The highest BCUT2D eigenvalue weighted by molar-refractivity contribution is 14.1. The molecular formula is C17H18INOS. The Morgan fingerprint density at radius 2 is 2.00 bits per heavy atom. The Balaban J connectivity index is 1.60. The molecule has 1 N–H and O–H groups in total. The maximum absolute atomic E-state index is 5.78. The number of aryl methyl sites for hydroxylation is 1. The summed E-state index contributed by atoms with van der Waals surface area (Å²) < 4.78 is 7.19. The number of fused-ring (bicyclic) bond motifs is 2. The van der Waals surface area contributed by atoms with E-state index in [9.17, 15) is 0 Å². The van der Waals surface area contributed by atoms with E-state index in [1.165, 1.54) is 27.7 Å². The summed E-state index contributed by atoms with van der Waals surface area (Å²) >= 11 is 4.42. The van der Waals surface area contributed by atoms with Crippen LogP contribution in [0.4, 0.5) is 0 Å². The van der Waals surface area contributed by atoms with Gasteiger partial charge in [-0.05, 0) is 59.5 Å². The number of rotatable bonds is 2. The van der Waals surface area contributed by atoms with Gasteiger partial charge in [0.15, 0.2) is 0 Å². The number of para-hydroxylation sites is 1. The maximum atomic E-state index is 5.78. The molecule has 0 saturated heterocycles. The van der Waals surface area contributed by atoms with Crippen molar-refractivity contribution in [2.45, 2.75) is 37.8 Å². The average Bonchev–Trinajstić information content (AvgIpc) is 2.89. The van der Waals surface area contributed by atoms with Crippen LogP contribution in [0.25, 0.3) is 0 Å². The molecule has 0 fully saturated rings. The summed E-state index contributed by atoms with van der Waals surface area (Å²) in [6.45, 7) is 0.815. The van der Waals surface area contributed by atoms with Gasteiger partial charge in [-0.3, -0.25) is 0 Å². The molecule has 1 aliphatic heterocycles. The predicted molar refractivity (Wildman–Crippen MR) is 95.1 cm³/mol.